The first-order valence-corrected chi connectivity index (χ1v) is 15.1. The number of carbonyl (C=O) groups excluding carboxylic acids is 2. The van der Waals surface area contributed by atoms with Crippen molar-refractivity contribution in [3.05, 3.63) is 57.6 Å². The maximum Gasteiger partial charge on any atom is 2.00 e. The second-order valence-corrected chi connectivity index (χ2v) is 11.4. The number of carbonyl (C=O) groups is 2. The van der Waals surface area contributed by atoms with Crippen LogP contribution in [0.3, 0.4) is 0 Å². The summed E-state index contributed by atoms with van der Waals surface area (Å²) in [6.45, 7) is 20.4. The Kier molecular flexibility index (Phi) is 21.8. The average molecular weight is 656 g/mol. The van der Waals surface area contributed by atoms with Gasteiger partial charge in [-0.1, -0.05) is 67.5 Å². The Morgan fingerprint density at radius 2 is 1.00 bits per heavy atom. The standard InChI is InChI=1S/C31H46N2O2.2C2H4O2.Co/c1-9-22(7)24-14-26(30(34)28(16-24)20(3)4)18-32-12-11-13-33-19-27-15-25(23(8)10-2)17-29(21(5)6)31(27)35;2*1-2(3)4;/h14-23,34-35H,9-13H2,1-8H3;2*1H3,(H,3,4);/q;;;+2/p-2. The van der Waals surface area contributed by atoms with Crippen molar-refractivity contribution in [2.45, 2.75) is 112 Å². The zero-order valence-electron chi connectivity index (χ0n) is 28.1. The Morgan fingerprint density at radius 1 is 0.705 bits per heavy atom. The van der Waals surface area contributed by atoms with Crippen molar-refractivity contribution in [1.29, 1.82) is 0 Å². The minimum atomic E-state index is -1.08. The van der Waals surface area contributed by atoms with Gasteiger partial charge in [-0.15, -0.1) is 0 Å². The molecule has 0 aliphatic carbocycles. The molecule has 0 heterocycles. The van der Waals surface area contributed by atoms with Crippen LogP contribution in [0.15, 0.2) is 34.3 Å². The smallest absolute Gasteiger partial charge is 0.550 e. The van der Waals surface area contributed by atoms with Crippen molar-refractivity contribution in [2.24, 2.45) is 9.98 Å². The van der Waals surface area contributed by atoms with Gasteiger partial charge in [0, 0.05) is 48.6 Å². The van der Waals surface area contributed by atoms with Crippen molar-refractivity contribution in [1.82, 2.24) is 0 Å². The number of hydrogen-bond acceptors (Lipinski definition) is 8. The fourth-order valence-electron chi connectivity index (χ4n) is 4.10. The molecule has 0 aliphatic rings. The minimum absolute atomic E-state index is 0. The summed E-state index contributed by atoms with van der Waals surface area (Å²) >= 11 is 0. The Labute approximate surface area is 275 Å². The number of aromatic hydroxyl groups is 2. The normalized spacial score (nSPS) is 12.3. The van der Waals surface area contributed by atoms with E-state index in [1.54, 1.807) is 12.4 Å². The number of benzene rings is 2. The Bertz CT molecular complexity index is 1120. The van der Waals surface area contributed by atoms with E-state index < -0.39 is 11.9 Å². The molecule has 2 aromatic carbocycles. The number of aliphatic imine (C=N–C) groups is 2. The van der Waals surface area contributed by atoms with Gasteiger partial charge in [0.15, 0.2) is 0 Å². The molecule has 0 bridgehead atoms. The number of phenols is 2. The summed E-state index contributed by atoms with van der Waals surface area (Å²) in [7, 11) is 0. The summed E-state index contributed by atoms with van der Waals surface area (Å²) in [6, 6.07) is 8.40. The predicted molar refractivity (Wildman–Crippen MR) is 173 cm³/mol. The summed E-state index contributed by atoms with van der Waals surface area (Å²) in [6.07, 6.45) is 6.52. The van der Waals surface area contributed by atoms with E-state index in [-0.39, 0.29) is 28.6 Å². The van der Waals surface area contributed by atoms with Crippen LogP contribution in [0.2, 0.25) is 0 Å². The number of rotatable bonds is 12. The Hall–Kier alpha value is -3.17. The molecule has 0 fully saturated rings. The van der Waals surface area contributed by atoms with Gasteiger partial charge < -0.3 is 30.0 Å². The van der Waals surface area contributed by atoms with Crippen molar-refractivity contribution < 1.29 is 46.8 Å². The van der Waals surface area contributed by atoms with Gasteiger partial charge in [-0.3, -0.25) is 9.98 Å². The third-order valence-electron chi connectivity index (χ3n) is 7.02. The van der Waals surface area contributed by atoms with Crippen LogP contribution in [0.5, 0.6) is 11.5 Å². The zero-order valence-corrected chi connectivity index (χ0v) is 29.1. The maximum atomic E-state index is 10.7. The van der Waals surface area contributed by atoms with Gasteiger partial charge in [0.2, 0.25) is 0 Å². The largest absolute Gasteiger partial charge is 2.00 e. The van der Waals surface area contributed by atoms with Crippen LogP contribution in [-0.2, 0) is 26.4 Å². The number of carboxylic acid groups (broad SMARTS) is 2. The molecule has 0 spiro atoms. The van der Waals surface area contributed by atoms with Crippen LogP contribution in [0.4, 0.5) is 0 Å². The summed E-state index contributed by atoms with van der Waals surface area (Å²) < 4.78 is 0. The van der Waals surface area contributed by atoms with Crippen LogP contribution in [0.1, 0.15) is 146 Å². The summed E-state index contributed by atoms with van der Waals surface area (Å²) in [5.74, 6) is -0.0844. The molecule has 0 aromatic heterocycles. The fourth-order valence-corrected chi connectivity index (χ4v) is 4.10. The molecule has 2 rings (SSSR count). The quantitative estimate of drug-likeness (QED) is 0.218. The molecule has 0 saturated heterocycles. The molecule has 2 aromatic rings. The topological polar surface area (TPSA) is 145 Å². The number of carboxylic acids is 2. The van der Waals surface area contributed by atoms with E-state index >= 15 is 0 Å². The number of hydrogen-bond donors (Lipinski definition) is 2. The summed E-state index contributed by atoms with van der Waals surface area (Å²) in [5, 5.41) is 39.2. The van der Waals surface area contributed by atoms with E-state index in [1.165, 1.54) is 11.1 Å². The first-order chi connectivity index (χ1) is 20.1. The summed E-state index contributed by atoms with van der Waals surface area (Å²) in [5.41, 5.74) is 6.05. The van der Waals surface area contributed by atoms with E-state index in [1.807, 2.05) is 0 Å². The van der Waals surface area contributed by atoms with E-state index in [9.17, 15) is 10.2 Å². The SMILES string of the molecule is CC(=O)[O-].CC(=O)[O-].CCC(C)c1cc(C=NCCCN=Cc2cc(C(C)CC)cc(C(C)C)c2O)c(O)c(C(C)C)c1.[Co+2]. The molecule has 0 amide bonds. The van der Waals surface area contributed by atoms with Crippen molar-refractivity contribution in [2.75, 3.05) is 13.1 Å². The van der Waals surface area contributed by atoms with Crippen LogP contribution in [0, 0.1) is 0 Å². The van der Waals surface area contributed by atoms with Gasteiger partial charge in [-0.2, -0.15) is 0 Å². The molecule has 9 heteroatoms. The van der Waals surface area contributed by atoms with Crippen LogP contribution < -0.4 is 10.2 Å². The Morgan fingerprint density at radius 3 is 1.25 bits per heavy atom. The molecule has 2 atom stereocenters. The fraction of sp³-hybridized carbons (Fsp3) is 0.543. The molecule has 0 aliphatic heterocycles. The van der Waals surface area contributed by atoms with E-state index in [4.69, 9.17) is 19.8 Å². The molecule has 247 valence electrons. The van der Waals surface area contributed by atoms with E-state index in [0.29, 0.717) is 36.4 Å². The van der Waals surface area contributed by atoms with Gasteiger partial charge in [-0.05, 0) is 91.2 Å². The molecular weight excluding hydrogens is 603 g/mol. The van der Waals surface area contributed by atoms with Crippen molar-refractivity contribution >= 4 is 24.4 Å². The third-order valence-corrected chi connectivity index (χ3v) is 7.02. The van der Waals surface area contributed by atoms with Gasteiger partial charge in [0.05, 0.1) is 0 Å². The monoisotopic (exact) mass is 655 g/mol. The molecule has 44 heavy (non-hydrogen) atoms. The molecule has 1 radical (unpaired) electrons. The first kappa shape index (κ1) is 43.0. The number of phenolic OH excluding ortho intramolecular Hbond substituents is 2. The van der Waals surface area contributed by atoms with E-state index in [2.05, 4.69) is 89.6 Å². The van der Waals surface area contributed by atoms with Gasteiger partial charge in [0.25, 0.3) is 0 Å². The number of nitrogens with zero attached hydrogens (tertiary/aromatic N) is 2. The summed E-state index contributed by atoms with van der Waals surface area (Å²) in [4.78, 5) is 26.9. The zero-order chi connectivity index (χ0) is 33.3. The van der Waals surface area contributed by atoms with Gasteiger partial charge in [-0.25, -0.2) is 0 Å². The molecule has 8 nitrogen and oxygen atoms in total. The van der Waals surface area contributed by atoms with Crippen LogP contribution in [-0.4, -0.2) is 47.7 Å². The first-order valence-electron chi connectivity index (χ1n) is 15.1. The average Bonchev–Trinajstić information content (AvgIpc) is 2.92. The van der Waals surface area contributed by atoms with Crippen LogP contribution >= 0.6 is 0 Å². The van der Waals surface area contributed by atoms with E-state index in [0.717, 1.165) is 55.4 Å². The Balaban J connectivity index is 0. The maximum absolute atomic E-state index is 10.7. The second kappa shape index (κ2) is 22.4. The predicted octanol–water partition coefficient (Wildman–Crippen LogP) is 5.81. The van der Waals surface area contributed by atoms with Crippen molar-refractivity contribution in [3.63, 3.8) is 0 Å². The number of aliphatic carboxylic acids is 2. The molecule has 2 unspecified atom stereocenters. The van der Waals surface area contributed by atoms with Gasteiger partial charge in [0.1, 0.15) is 11.5 Å². The van der Waals surface area contributed by atoms with Gasteiger partial charge >= 0.3 is 16.8 Å². The van der Waals surface area contributed by atoms with Crippen molar-refractivity contribution in [3.8, 4) is 11.5 Å². The third kappa shape index (κ3) is 16.1. The minimum Gasteiger partial charge on any atom is -0.550 e. The molecule has 2 N–H and O–H groups in total. The molecule has 0 saturated carbocycles. The molecular formula is C35H52CoN2O6. The second-order valence-electron chi connectivity index (χ2n) is 11.4. The van der Waals surface area contributed by atoms with Crippen LogP contribution in [0.25, 0.3) is 0 Å².